The van der Waals surface area contributed by atoms with Gasteiger partial charge in [-0.2, -0.15) is 0 Å². The number of rotatable bonds is 6. The van der Waals surface area contributed by atoms with E-state index in [4.69, 9.17) is 5.50 Å². The molecule has 1 aliphatic heterocycles. The van der Waals surface area contributed by atoms with Crippen LogP contribution in [-0.2, 0) is 11.1 Å². The van der Waals surface area contributed by atoms with E-state index in [9.17, 15) is 9.46 Å². The number of nitrogens with two attached hydrogens (primary N) is 1. The third-order valence-electron chi connectivity index (χ3n) is 4.29. The number of aromatic amines is 1. The molecule has 1 aliphatic rings. The Kier molecular flexibility index (Phi) is 4.47. The first-order valence-corrected chi connectivity index (χ1v) is 9.49. The lowest BCUT2D eigenvalue weighted by Crippen LogP contribution is -2.38. The van der Waals surface area contributed by atoms with Crippen LogP contribution < -0.4 is 10.8 Å². The maximum absolute atomic E-state index is 11.7. The van der Waals surface area contributed by atoms with Crippen molar-refractivity contribution < 1.29 is 9.46 Å². The number of nitrogens with zero attached hydrogens (tertiary/aromatic N) is 5. The molecule has 3 heterocycles. The molecule has 4 unspecified atom stereocenters. The molecule has 3 rings (SSSR count). The number of anilines is 1. The molecule has 0 saturated heterocycles. The summed E-state index contributed by atoms with van der Waals surface area (Å²) < 4.78 is 13.7. The summed E-state index contributed by atoms with van der Waals surface area (Å²) in [5.41, 5.74) is 5.37. The number of H-pyrrole nitrogens is 1. The van der Waals surface area contributed by atoms with Crippen molar-refractivity contribution in [1.82, 2.24) is 30.2 Å². The Hall–Kier alpha value is -1.77. The van der Waals surface area contributed by atoms with Crippen LogP contribution in [0.4, 0.5) is 5.95 Å². The van der Waals surface area contributed by atoms with Crippen molar-refractivity contribution in [2.45, 2.75) is 38.3 Å². The van der Waals surface area contributed by atoms with E-state index in [2.05, 4.69) is 37.8 Å². The summed E-state index contributed by atoms with van der Waals surface area (Å²) in [7, 11) is -3.67. The predicted octanol–water partition coefficient (Wildman–Crippen LogP) is 0.534. The van der Waals surface area contributed by atoms with Crippen LogP contribution in [0.15, 0.2) is 12.4 Å². The molecule has 0 amide bonds. The summed E-state index contributed by atoms with van der Waals surface area (Å²) in [5.74, 6) is 1.31. The molecule has 4 atom stereocenters. The summed E-state index contributed by atoms with van der Waals surface area (Å²) in [6.45, 7) is 2.90. The topological polar surface area (TPSA) is 148 Å². The van der Waals surface area contributed by atoms with Crippen LogP contribution in [0.1, 0.15) is 31.5 Å². The fraction of sp³-hybridized carbons (Fsp3) is 0.667. The van der Waals surface area contributed by atoms with Crippen molar-refractivity contribution >= 4 is 13.5 Å². The Morgan fingerprint density at radius 1 is 1.61 bits per heavy atom. The average Bonchev–Trinajstić information content (AvgIpc) is 3.15. The number of hydrogen-bond acceptors (Lipinski definition) is 6. The molecule has 0 bridgehead atoms. The molecule has 0 aromatic carbocycles. The molecule has 0 saturated carbocycles. The molecule has 23 heavy (non-hydrogen) atoms. The van der Waals surface area contributed by atoms with Gasteiger partial charge in [0.1, 0.15) is 0 Å². The van der Waals surface area contributed by atoms with Crippen molar-refractivity contribution in [3.05, 3.63) is 18.2 Å². The van der Waals surface area contributed by atoms with Gasteiger partial charge in [0.05, 0.1) is 0 Å². The quantitative estimate of drug-likeness (QED) is 0.557. The number of imidazole rings is 1. The lowest BCUT2D eigenvalue weighted by molar-refractivity contribution is 0.310. The van der Waals surface area contributed by atoms with E-state index >= 15 is 0 Å². The van der Waals surface area contributed by atoms with Gasteiger partial charge in [0.25, 0.3) is 7.52 Å². The van der Waals surface area contributed by atoms with Crippen LogP contribution >= 0.6 is 7.52 Å². The van der Waals surface area contributed by atoms with Crippen molar-refractivity contribution in [3.8, 4) is 0 Å². The van der Waals surface area contributed by atoms with E-state index in [1.807, 2.05) is 10.8 Å². The normalized spacial score (nSPS) is 24.5. The number of fused-ring (bicyclic) bond motifs is 1. The molecule has 0 spiro atoms. The summed E-state index contributed by atoms with van der Waals surface area (Å²) in [5, 5.41) is 17.2. The van der Waals surface area contributed by atoms with Crippen LogP contribution in [0.5, 0.6) is 0 Å². The third-order valence-corrected chi connectivity index (χ3v) is 5.25. The Bertz CT molecular complexity index is 681. The Labute approximate surface area is 133 Å². The van der Waals surface area contributed by atoms with E-state index < -0.39 is 7.52 Å². The summed E-state index contributed by atoms with van der Waals surface area (Å²) in [6, 6.07) is 0.235. The second-order valence-electron chi connectivity index (χ2n) is 5.98. The number of tetrazole rings is 1. The fourth-order valence-corrected chi connectivity index (χ4v) is 4.18. The van der Waals surface area contributed by atoms with E-state index in [0.29, 0.717) is 12.2 Å². The Morgan fingerprint density at radius 3 is 3.09 bits per heavy atom. The van der Waals surface area contributed by atoms with Crippen molar-refractivity contribution in [3.63, 3.8) is 0 Å². The lowest BCUT2D eigenvalue weighted by Gasteiger charge is -2.35. The van der Waals surface area contributed by atoms with Crippen LogP contribution in [0.2, 0.25) is 0 Å². The van der Waals surface area contributed by atoms with E-state index in [1.165, 1.54) is 0 Å². The zero-order chi connectivity index (χ0) is 16.4. The van der Waals surface area contributed by atoms with Crippen molar-refractivity contribution in [1.29, 1.82) is 0 Å². The van der Waals surface area contributed by atoms with Gasteiger partial charge in [-0.25, -0.2) is 10.1 Å². The molecule has 0 aliphatic carbocycles. The number of hydrogen-bond donors (Lipinski definition) is 4. The monoisotopic (exact) mass is 340 g/mol. The van der Waals surface area contributed by atoms with Crippen molar-refractivity contribution in [2.24, 2.45) is 11.4 Å². The van der Waals surface area contributed by atoms with E-state index in [0.717, 1.165) is 18.9 Å². The number of aromatic nitrogens is 6. The van der Waals surface area contributed by atoms with Gasteiger partial charge in [-0.05, 0) is 29.2 Å². The first-order chi connectivity index (χ1) is 11.0. The van der Waals surface area contributed by atoms with Crippen LogP contribution in [-0.4, -0.2) is 47.3 Å². The molecular formula is C12H21N8O2P. The molecule has 11 heteroatoms. The zero-order valence-electron chi connectivity index (χ0n) is 12.8. The lowest BCUT2D eigenvalue weighted by atomic mass is 9.86. The van der Waals surface area contributed by atoms with Gasteiger partial charge >= 0.3 is 0 Å². The standard InChI is InChI=1S/C12H21N8O2P/c1-2-10-8(6-20-4-3-14-12(20)15-10)5-9(7-23(13,21)22)11-16-18-19-17-11/h3-4,8-10H,2,5-7H2,1H3,(H,14,15)(H3,13,21,22)(H,16,17,18,19). The number of nitrogens with one attached hydrogen (secondary N) is 2. The van der Waals surface area contributed by atoms with Crippen molar-refractivity contribution in [2.75, 3.05) is 11.5 Å². The first kappa shape index (κ1) is 16.1. The van der Waals surface area contributed by atoms with Gasteiger partial charge in [0.2, 0.25) is 5.95 Å². The van der Waals surface area contributed by atoms with Gasteiger partial charge in [-0.15, -0.1) is 5.10 Å². The zero-order valence-corrected chi connectivity index (χ0v) is 13.7. The first-order valence-electron chi connectivity index (χ1n) is 7.58. The molecule has 2 aromatic heterocycles. The highest BCUT2D eigenvalue weighted by Crippen LogP contribution is 2.40. The van der Waals surface area contributed by atoms with Gasteiger partial charge in [-0.1, -0.05) is 6.92 Å². The van der Waals surface area contributed by atoms with Gasteiger partial charge < -0.3 is 14.8 Å². The maximum atomic E-state index is 11.7. The minimum atomic E-state index is -3.67. The highest BCUT2D eigenvalue weighted by Gasteiger charge is 2.33. The largest absolute Gasteiger partial charge is 0.353 e. The molecule has 2 aromatic rings. The second-order valence-corrected chi connectivity index (χ2v) is 7.86. The molecule has 10 nitrogen and oxygen atoms in total. The summed E-state index contributed by atoms with van der Waals surface area (Å²) in [6.07, 6.45) is 5.22. The van der Waals surface area contributed by atoms with Crippen LogP contribution in [0, 0.1) is 5.92 Å². The average molecular weight is 340 g/mol. The van der Waals surface area contributed by atoms with Crippen LogP contribution in [0.3, 0.4) is 0 Å². The highest BCUT2D eigenvalue weighted by atomic mass is 31.2. The van der Waals surface area contributed by atoms with Gasteiger partial charge in [0, 0.05) is 37.1 Å². The molecular weight excluding hydrogens is 319 g/mol. The Balaban J connectivity index is 1.80. The Morgan fingerprint density at radius 2 is 2.43 bits per heavy atom. The SMILES string of the molecule is CCC1Nc2nccn2CC1CC(CP(N)(=O)O)c1nnn[nH]1. The highest BCUT2D eigenvalue weighted by molar-refractivity contribution is 7.55. The molecule has 5 N–H and O–H groups in total. The smallest absolute Gasteiger partial charge is 0.265 e. The van der Waals surface area contributed by atoms with Gasteiger partial charge in [0.15, 0.2) is 5.82 Å². The minimum absolute atomic E-state index is 0.0480. The second kappa shape index (κ2) is 6.38. The fourth-order valence-electron chi connectivity index (χ4n) is 3.23. The molecule has 0 radical (unpaired) electrons. The summed E-state index contributed by atoms with van der Waals surface area (Å²) in [4.78, 5) is 13.9. The van der Waals surface area contributed by atoms with Gasteiger partial charge in [-0.3, -0.25) is 10.1 Å². The van der Waals surface area contributed by atoms with Crippen LogP contribution in [0.25, 0.3) is 0 Å². The summed E-state index contributed by atoms with van der Waals surface area (Å²) >= 11 is 0. The predicted molar refractivity (Wildman–Crippen MR) is 83.8 cm³/mol. The molecule has 126 valence electrons. The maximum Gasteiger partial charge on any atom is 0.265 e. The molecule has 0 fully saturated rings. The third kappa shape index (κ3) is 3.77. The van der Waals surface area contributed by atoms with E-state index in [-0.39, 0.29) is 24.0 Å². The minimum Gasteiger partial charge on any atom is -0.353 e. The van der Waals surface area contributed by atoms with E-state index in [1.54, 1.807) is 6.20 Å².